The molecule has 0 radical (unpaired) electrons. The first-order valence-corrected chi connectivity index (χ1v) is 21.6. The van der Waals surface area contributed by atoms with Crippen molar-refractivity contribution in [3.63, 3.8) is 0 Å². The van der Waals surface area contributed by atoms with Gasteiger partial charge in [-0.3, -0.25) is 9.59 Å². The first-order valence-electron chi connectivity index (χ1n) is 21.2. The maximum Gasteiger partial charge on any atom is 0.416 e. The summed E-state index contributed by atoms with van der Waals surface area (Å²) in [5.74, 6) is 0.330. The third-order valence-corrected chi connectivity index (χ3v) is 16.1. The van der Waals surface area contributed by atoms with Gasteiger partial charge in [0.25, 0.3) is 0 Å². The molecule has 8 unspecified atom stereocenters. The Balaban J connectivity index is 1.16. The molecule has 1 amide bonds. The standard InChI is InChI=1S/C48H55ClF3NO8/c1-43-16-13-31(54)26-45(43)19-20-47(33(27-45)42(56)37-12-11-35(61-37)32-25-30(48(50,51)52)8-9-34(32)49)39(43)14-17-44(2)40(47)15-18-46(44,57)28-53(21-6-22-58-3)41(55)24-29-7-10-36(59-4)38(23-29)60-5/h7-12,19-20,23,25,27,31,39-40,54,57H,6,13-18,21-22,24,26,28H2,1-5H3. The summed E-state index contributed by atoms with van der Waals surface area (Å²) in [6, 6.07) is 11.4. The predicted molar refractivity (Wildman–Crippen MR) is 223 cm³/mol. The average molecular weight is 866 g/mol. The van der Waals surface area contributed by atoms with Gasteiger partial charge in [-0.05, 0) is 117 Å². The molecule has 2 bridgehead atoms. The highest BCUT2D eigenvalue weighted by Crippen LogP contribution is 2.78. The zero-order valence-electron chi connectivity index (χ0n) is 35.4. The van der Waals surface area contributed by atoms with E-state index in [-0.39, 0.29) is 64.0 Å². The second kappa shape index (κ2) is 15.6. The number of nitrogens with zero attached hydrogens (tertiary/aromatic N) is 1. The highest BCUT2D eigenvalue weighted by Gasteiger charge is 2.74. The van der Waals surface area contributed by atoms with E-state index in [1.54, 1.807) is 38.4 Å². The number of aliphatic hydroxyl groups excluding tert-OH is 1. The number of ether oxygens (including phenoxy) is 3. The fraction of sp³-hybridized carbons (Fsp3) is 0.542. The van der Waals surface area contributed by atoms with Crippen LogP contribution >= 0.6 is 11.6 Å². The van der Waals surface area contributed by atoms with Gasteiger partial charge in [-0.2, -0.15) is 13.2 Å². The van der Waals surface area contributed by atoms with E-state index in [2.05, 4.69) is 32.1 Å². The topological polar surface area (TPSA) is 119 Å². The van der Waals surface area contributed by atoms with Crippen molar-refractivity contribution < 1.29 is 51.6 Å². The van der Waals surface area contributed by atoms with Crippen LogP contribution in [-0.2, 0) is 22.1 Å². The molecule has 1 heterocycles. The zero-order chi connectivity index (χ0) is 43.8. The van der Waals surface area contributed by atoms with E-state index in [0.29, 0.717) is 75.2 Å². The van der Waals surface area contributed by atoms with Gasteiger partial charge < -0.3 is 33.7 Å². The summed E-state index contributed by atoms with van der Waals surface area (Å²) in [6.45, 7) is 5.31. The fourth-order valence-electron chi connectivity index (χ4n) is 12.5. The van der Waals surface area contributed by atoms with Crippen LogP contribution in [0.25, 0.3) is 11.3 Å². The summed E-state index contributed by atoms with van der Waals surface area (Å²) in [5.41, 5.74) is -3.38. The van der Waals surface area contributed by atoms with E-state index >= 15 is 4.79 Å². The molecule has 3 aromatic rings. The van der Waals surface area contributed by atoms with Gasteiger partial charge in [0, 0.05) is 54.2 Å². The van der Waals surface area contributed by atoms with Gasteiger partial charge in [-0.25, -0.2) is 0 Å². The maximum atomic E-state index is 15.2. The van der Waals surface area contributed by atoms with Crippen LogP contribution < -0.4 is 9.47 Å². The lowest BCUT2D eigenvalue weighted by Gasteiger charge is -2.71. The predicted octanol–water partition coefficient (Wildman–Crippen LogP) is 9.52. The molecule has 2 spiro atoms. The first-order chi connectivity index (χ1) is 28.9. The molecule has 9 nitrogen and oxygen atoms in total. The van der Waals surface area contributed by atoms with Crippen molar-refractivity contribution >= 4 is 23.3 Å². The van der Waals surface area contributed by atoms with Crippen LogP contribution in [0.5, 0.6) is 11.5 Å². The van der Waals surface area contributed by atoms with Crippen molar-refractivity contribution in [2.45, 2.75) is 89.5 Å². The van der Waals surface area contributed by atoms with Gasteiger partial charge in [0.15, 0.2) is 17.3 Å². The van der Waals surface area contributed by atoms with Gasteiger partial charge in [-0.15, -0.1) is 0 Å². The van der Waals surface area contributed by atoms with E-state index in [9.17, 15) is 28.2 Å². The SMILES string of the molecule is COCCCN(CC1(O)CCC2C34C=CC5(C=C3C(=O)c3ccc(-c6cc(C(F)(F)F)ccc6Cl)o3)CC(O)CCC5(C)C4CCC21C)C(=O)Cc1ccc(OC)c(OC)c1. The second-order valence-electron chi connectivity index (χ2n) is 18.5. The molecule has 61 heavy (non-hydrogen) atoms. The van der Waals surface area contributed by atoms with Gasteiger partial charge >= 0.3 is 6.18 Å². The molecule has 2 aromatic carbocycles. The van der Waals surface area contributed by atoms with Crippen LogP contribution in [-0.4, -0.2) is 79.5 Å². The molecule has 328 valence electrons. The Labute approximate surface area is 359 Å². The third kappa shape index (κ3) is 6.86. The van der Waals surface area contributed by atoms with Crippen LogP contribution in [0.3, 0.4) is 0 Å². The number of amides is 1. The number of ketones is 1. The fourth-order valence-corrected chi connectivity index (χ4v) is 12.7. The number of fused-ring (bicyclic) bond motifs is 1. The summed E-state index contributed by atoms with van der Waals surface area (Å²) in [6.07, 6.45) is 6.14. The number of halogens is 4. The number of Topliss-reactive ketones (excluding diaryl/α,β-unsaturated/α-hetero) is 1. The lowest BCUT2D eigenvalue weighted by atomic mass is 9.32. The molecule has 0 saturated heterocycles. The molecule has 1 aromatic heterocycles. The number of methoxy groups -OCH3 is 3. The number of benzene rings is 2. The number of carbonyl (C=O) groups is 2. The van der Waals surface area contributed by atoms with E-state index in [1.807, 2.05) is 6.07 Å². The Hall–Kier alpha value is -4.10. The lowest BCUT2D eigenvalue weighted by molar-refractivity contribution is -0.178. The summed E-state index contributed by atoms with van der Waals surface area (Å²) >= 11 is 6.40. The summed E-state index contributed by atoms with van der Waals surface area (Å²) in [5, 5.41) is 24.3. The second-order valence-corrected chi connectivity index (χ2v) is 18.9. The van der Waals surface area contributed by atoms with E-state index < -0.39 is 39.7 Å². The minimum atomic E-state index is -4.61. The molecule has 0 aliphatic heterocycles. The largest absolute Gasteiger partial charge is 0.493 e. The minimum Gasteiger partial charge on any atom is -0.493 e. The maximum absolute atomic E-state index is 15.2. The highest BCUT2D eigenvalue weighted by atomic mass is 35.5. The Morgan fingerprint density at radius 3 is 2.36 bits per heavy atom. The van der Waals surface area contributed by atoms with Crippen molar-refractivity contribution in [2.24, 2.45) is 33.5 Å². The van der Waals surface area contributed by atoms with Gasteiger partial charge in [-0.1, -0.05) is 49.7 Å². The lowest BCUT2D eigenvalue weighted by Crippen LogP contribution is -2.67. The molecular weight excluding hydrogens is 811 g/mol. The molecule has 6 aliphatic carbocycles. The van der Waals surface area contributed by atoms with Crippen molar-refractivity contribution in [1.29, 1.82) is 0 Å². The highest BCUT2D eigenvalue weighted by molar-refractivity contribution is 6.33. The number of rotatable bonds is 13. The number of allylic oxidation sites excluding steroid dienone is 4. The average Bonchev–Trinajstić information content (AvgIpc) is 3.82. The smallest absolute Gasteiger partial charge is 0.416 e. The molecule has 2 N–H and O–H groups in total. The summed E-state index contributed by atoms with van der Waals surface area (Å²) < 4.78 is 63.6. The molecular formula is C48H55ClF3NO8. The normalized spacial score (nSPS) is 32.4. The van der Waals surface area contributed by atoms with Crippen LogP contribution in [0, 0.1) is 33.5 Å². The van der Waals surface area contributed by atoms with Crippen LogP contribution in [0.1, 0.15) is 86.9 Å². The zero-order valence-corrected chi connectivity index (χ0v) is 36.1. The first kappa shape index (κ1) is 43.5. The van der Waals surface area contributed by atoms with Crippen LogP contribution in [0.4, 0.5) is 13.2 Å². The van der Waals surface area contributed by atoms with E-state index in [1.165, 1.54) is 18.2 Å². The molecule has 3 fully saturated rings. The monoisotopic (exact) mass is 865 g/mol. The van der Waals surface area contributed by atoms with E-state index in [4.69, 9.17) is 30.2 Å². The summed E-state index contributed by atoms with van der Waals surface area (Å²) in [7, 11) is 4.71. The number of carbonyl (C=O) groups excluding carboxylic acids is 2. The number of hydrogen-bond donors (Lipinski definition) is 2. The Morgan fingerprint density at radius 1 is 0.918 bits per heavy atom. The van der Waals surface area contributed by atoms with Gasteiger partial charge in [0.1, 0.15) is 5.76 Å². The van der Waals surface area contributed by atoms with Crippen molar-refractivity contribution in [3.05, 3.63) is 94.2 Å². The van der Waals surface area contributed by atoms with Crippen molar-refractivity contribution in [1.82, 2.24) is 4.90 Å². The van der Waals surface area contributed by atoms with E-state index in [0.717, 1.165) is 24.1 Å². The number of furan rings is 1. The van der Waals surface area contributed by atoms with Crippen molar-refractivity contribution in [3.8, 4) is 22.8 Å². The van der Waals surface area contributed by atoms with Crippen molar-refractivity contribution in [2.75, 3.05) is 41.0 Å². The minimum absolute atomic E-state index is 0.0151. The quantitative estimate of drug-likeness (QED) is 0.0992. The number of aliphatic hydroxyl groups is 2. The Kier molecular flexibility index (Phi) is 11.1. The van der Waals surface area contributed by atoms with Crippen LogP contribution in [0.15, 0.2) is 76.7 Å². The Bertz CT molecular complexity index is 2270. The molecule has 13 heteroatoms. The molecule has 6 aliphatic rings. The summed E-state index contributed by atoms with van der Waals surface area (Å²) in [4.78, 5) is 31.2. The third-order valence-electron chi connectivity index (χ3n) is 15.7. The van der Waals surface area contributed by atoms with Gasteiger partial charge in [0.05, 0.1) is 42.9 Å². The molecule has 9 rings (SSSR count). The van der Waals surface area contributed by atoms with Crippen LogP contribution in [0.2, 0.25) is 5.02 Å². The van der Waals surface area contributed by atoms with Gasteiger partial charge in [0.2, 0.25) is 11.7 Å². The molecule has 8 atom stereocenters. The Morgan fingerprint density at radius 2 is 1.64 bits per heavy atom. The number of alkyl halides is 3. The number of hydrogen-bond acceptors (Lipinski definition) is 8. The molecule has 3 saturated carbocycles.